The maximum atomic E-state index is 11.8. The summed E-state index contributed by atoms with van der Waals surface area (Å²) in [6.45, 7) is -0.243. The van der Waals surface area contributed by atoms with Crippen LogP contribution < -0.4 is 5.32 Å². The fourth-order valence-corrected chi connectivity index (χ4v) is 3.14. The highest BCUT2D eigenvalue weighted by Gasteiger charge is 2.23. The molecule has 1 N–H and O–H groups in total. The van der Waals surface area contributed by atoms with Crippen molar-refractivity contribution < 1.29 is 27.5 Å². The van der Waals surface area contributed by atoms with Gasteiger partial charge in [-0.15, -0.1) is 0 Å². The molecule has 1 aliphatic heterocycles. The first-order chi connectivity index (χ1) is 11.3. The van der Waals surface area contributed by atoms with Crippen LogP contribution >= 0.6 is 0 Å². The number of sulfone groups is 1. The molecule has 1 aliphatic rings. The number of para-hydroxylation sites is 1. The van der Waals surface area contributed by atoms with E-state index < -0.39 is 28.3 Å². The number of nitrogens with one attached hydrogen (secondary N) is 1. The van der Waals surface area contributed by atoms with Crippen LogP contribution in [0.3, 0.4) is 0 Å². The van der Waals surface area contributed by atoms with Crippen molar-refractivity contribution in [3.8, 4) is 0 Å². The Hall–Kier alpha value is -2.42. The number of anilines is 1. The molecule has 9 heteroatoms. The minimum atomic E-state index is -3.50. The third-order valence-electron chi connectivity index (χ3n) is 3.42. The van der Waals surface area contributed by atoms with Crippen molar-refractivity contribution in [1.29, 1.82) is 0 Å². The summed E-state index contributed by atoms with van der Waals surface area (Å²) in [5.41, 5.74) is 0.121. The van der Waals surface area contributed by atoms with Gasteiger partial charge in [0.25, 0.3) is 5.91 Å². The molecule has 2 rings (SSSR count). The molecule has 1 fully saturated rings. The zero-order chi connectivity index (χ0) is 17.7. The van der Waals surface area contributed by atoms with E-state index in [1.54, 1.807) is 12.1 Å². The van der Waals surface area contributed by atoms with Gasteiger partial charge in [0.05, 0.1) is 10.6 Å². The van der Waals surface area contributed by atoms with Crippen LogP contribution in [-0.2, 0) is 29.0 Å². The fourth-order valence-electron chi connectivity index (χ4n) is 2.30. The maximum Gasteiger partial charge on any atom is 0.326 e. The van der Waals surface area contributed by atoms with Crippen molar-refractivity contribution in [1.82, 2.24) is 4.90 Å². The highest BCUT2D eigenvalue weighted by molar-refractivity contribution is 7.90. The van der Waals surface area contributed by atoms with Gasteiger partial charge in [-0.3, -0.25) is 14.4 Å². The highest BCUT2D eigenvalue weighted by Crippen LogP contribution is 2.20. The van der Waals surface area contributed by atoms with E-state index in [2.05, 4.69) is 5.32 Å². The minimum absolute atomic E-state index is 0.0210. The van der Waals surface area contributed by atoms with Crippen LogP contribution in [0, 0.1) is 0 Å². The van der Waals surface area contributed by atoms with E-state index in [0.29, 0.717) is 19.4 Å². The minimum Gasteiger partial charge on any atom is -0.454 e. The molecule has 0 aromatic heterocycles. The lowest BCUT2D eigenvalue weighted by Gasteiger charge is -2.14. The van der Waals surface area contributed by atoms with E-state index in [-0.39, 0.29) is 23.0 Å². The molecule has 0 radical (unpaired) electrons. The molecule has 0 atom stereocenters. The predicted molar refractivity (Wildman–Crippen MR) is 85.0 cm³/mol. The smallest absolute Gasteiger partial charge is 0.326 e. The van der Waals surface area contributed by atoms with Crippen molar-refractivity contribution >= 4 is 33.3 Å². The number of nitrogens with zero attached hydrogens (tertiary/aromatic N) is 1. The average Bonchev–Trinajstić information content (AvgIpc) is 2.90. The molecule has 1 aromatic rings. The van der Waals surface area contributed by atoms with Crippen molar-refractivity contribution in [3.05, 3.63) is 24.3 Å². The molecular formula is C15H18N2O6S. The third-order valence-corrected chi connectivity index (χ3v) is 4.57. The van der Waals surface area contributed by atoms with Crippen molar-refractivity contribution in [2.24, 2.45) is 0 Å². The number of amides is 2. The number of benzene rings is 1. The van der Waals surface area contributed by atoms with E-state index in [1.807, 2.05) is 0 Å². The Balaban J connectivity index is 1.88. The summed E-state index contributed by atoms with van der Waals surface area (Å²) >= 11 is 0. The Morgan fingerprint density at radius 3 is 2.62 bits per heavy atom. The summed E-state index contributed by atoms with van der Waals surface area (Å²) in [5.74, 6) is -1.46. The lowest BCUT2D eigenvalue weighted by atomic mass is 10.3. The molecule has 8 nitrogen and oxygen atoms in total. The topological polar surface area (TPSA) is 110 Å². The van der Waals surface area contributed by atoms with Crippen LogP contribution in [-0.4, -0.2) is 57.1 Å². The van der Waals surface area contributed by atoms with Gasteiger partial charge in [0.2, 0.25) is 5.91 Å². The first-order valence-corrected chi connectivity index (χ1v) is 9.19. The summed E-state index contributed by atoms with van der Waals surface area (Å²) in [6.07, 6.45) is 2.15. The summed E-state index contributed by atoms with van der Waals surface area (Å²) in [5, 5.41) is 2.40. The quantitative estimate of drug-likeness (QED) is 0.731. The summed E-state index contributed by atoms with van der Waals surface area (Å²) < 4.78 is 28.1. The van der Waals surface area contributed by atoms with Crippen molar-refractivity contribution in [2.45, 2.75) is 17.7 Å². The molecule has 0 bridgehead atoms. The number of rotatable bonds is 6. The van der Waals surface area contributed by atoms with Crippen LogP contribution in [0.1, 0.15) is 12.8 Å². The first kappa shape index (κ1) is 17.9. The van der Waals surface area contributed by atoms with Gasteiger partial charge < -0.3 is 15.0 Å². The number of hydrogen-bond donors (Lipinski definition) is 1. The number of carbonyl (C=O) groups excluding carboxylic acids is 3. The standard InChI is InChI=1S/C15H18N2O6S/c1-24(21,22)12-6-3-2-5-11(12)16-13(18)10-23-15(20)9-17-8-4-7-14(17)19/h2-3,5-6H,4,7-10H2,1H3,(H,16,18). The Labute approximate surface area is 139 Å². The van der Waals surface area contributed by atoms with E-state index in [9.17, 15) is 22.8 Å². The summed E-state index contributed by atoms with van der Waals surface area (Å²) in [4.78, 5) is 36.2. The largest absolute Gasteiger partial charge is 0.454 e. The van der Waals surface area contributed by atoms with E-state index in [0.717, 1.165) is 6.26 Å². The SMILES string of the molecule is CS(=O)(=O)c1ccccc1NC(=O)COC(=O)CN1CCCC1=O. The molecule has 0 saturated carbocycles. The summed E-state index contributed by atoms with van der Waals surface area (Å²) in [6, 6.07) is 5.93. The van der Waals surface area contributed by atoms with Crippen LogP contribution in [0.4, 0.5) is 5.69 Å². The zero-order valence-corrected chi connectivity index (χ0v) is 14.0. The van der Waals surface area contributed by atoms with Gasteiger partial charge in [-0.2, -0.15) is 0 Å². The first-order valence-electron chi connectivity index (χ1n) is 7.29. The lowest BCUT2D eigenvalue weighted by molar-refractivity contribution is -0.150. The van der Waals surface area contributed by atoms with Crippen LogP contribution in [0.25, 0.3) is 0 Å². The number of hydrogen-bond acceptors (Lipinski definition) is 6. The second-order valence-electron chi connectivity index (χ2n) is 5.40. The third kappa shape index (κ3) is 4.79. The summed E-state index contributed by atoms with van der Waals surface area (Å²) in [7, 11) is -3.50. The monoisotopic (exact) mass is 354 g/mol. The molecule has 1 heterocycles. The second-order valence-corrected chi connectivity index (χ2v) is 7.38. The predicted octanol–water partition coefficient (Wildman–Crippen LogP) is 0.194. The van der Waals surface area contributed by atoms with Crippen molar-refractivity contribution in [2.75, 3.05) is 31.3 Å². The number of likely N-dealkylation sites (tertiary alicyclic amines) is 1. The number of ether oxygens (including phenoxy) is 1. The molecule has 1 aromatic carbocycles. The fraction of sp³-hybridized carbons (Fsp3) is 0.400. The second kappa shape index (κ2) is 7.43. The molecule has 0 spiro atoms. The van der Waals surface area contributed by atoms with Gasteiger partial charge in [0.15, 0.2) is 16.4 Å². The van der Waals surface area contributed by atoms with Crippen LogP contribution in [0.5, 0.6) is 0 Å². The van der Waals surface area contributed by atoms with Gasteiger partial charge in [0.1, 0.15) is 6.54 Å². The molecule has 2 amide bonds. The van der Waals surface area contributed by atoms with Gasteiger partial charge >= 0.3 is 5.97 Å². The van der Waals surface area contributed by atoms with Gasteiger partial charge in [0, 0.05) is 19.2 Å². The highest BCUT2D eigenvalue weighted by atomic mass is 32.2. The number of esters is 1. The van der Waals surface area contributed by atoms with Gasteiger partial charge in [-0.05, 0) is 18.6 Å². The zero-order valence-electron chi connectivity index (χ0n) is 13.1. The molecule has 0 unspecified atom stereocenters. The van der Waals surface area contributed by atoms with Gasteiger partial charge in [-0.1, -0.05) is 12.1 Å². The van der Waals surface area contributed by atoms with E-state index in [4.69, 9.17) is 4.74 Å². The average molecular weight is 354 g/mol. The maximum absolute atomic E-state index is 11.8. The number of carbonyl (C=O) groups is 3. The Morgan fingerprint density at radius 1 is 1.29 bits per heavy atom. The van der Waals surface area contributed by atoms with Crippen LogP contribution in [0.2, 0.25) is 0 Å². The van der Waals surface area contributed by atoms with Gasteiger partial charge in [-0.25, -0.2) is 8.42 Å². The molecule has 130 valence electrons. The molecule has 0 aliphatic carbocycles. The van der Waals surface area contributed by atoms with Crippen LogP contribution in [0.15, 0.2) is 29.2 Å². The van der Waals surface area contributed by atoms with E-state index >= 15 is 0 Å². The Kier molecular flexibility index (Phi) is 5.55. The van der Waals surface area contributed by atoms with Crippen molar-refractivity contribution in [3.63, 3.8) is 0 Å². The lowest BCUT2D eigenvalue weighted by Crippen LogP contribution is -2.33. The molecule has 24 heavy (non-hydrogen) atoms. The Bertz CT molecular complexity index is 759. The Morgan fingerprint density at radius 2 is 2.00 bits per heavy atom. The normalized spacial score (nSPS) is 14.5. The molecular weight excluding hydrogens is 336 g/mol. The van der Waals surface area contributed by atoms with E-state index in [1.165, 1.54) is 17.0 Å². The molecule has 1 saturated heterocycles.